The number of hydrogen-bond donors (Lipinski definition) is 1. The van der Waals surface area contributed by atoms with Crippen molar-refractivity contribution < 1.29 is 14.6 Å². The number of carbonyl (C=O) groups excluding carboxylic acids is 1. The Morgan fingerprint density at radius 3 is 3.08 bits per heavy atom. The predicted octanol–water partition coefficient (Wildman–Crippen LogP) is 4.13. The summed E-state index contributed by atoms with van der Waals surface area (Å²) in [5, 5.41) is 10.6. The molecule has 3 rings (SSSR count). The van der Waals surface area contributed by atoms with Gasteiger partial charge in [-0.15, -0.1) is 11.3 Å². The zero-order chi connectivity index (χ0) is 18.0. The van der Waals surface area contributed by atoms with Crippen LogP contribution in [0.2, 0.25) is 0 Å². The molecule has 0 saturated carbocycles. The number of esters is 1. The largest absolute Gasteiger partial charge is 0.507 e. The van der Waals surface area contributed by atoms with Crippen molar-refractivity contribution >= 4 is 44.5 Å². The zero-order valence-electron chi connectivity index (χ0n) is 14.1. The first-order chi connectivity index (χ1) is 12.0. The van der Waals surface area contributed by atoms with Crippen molar-refractivity contribution in [1.29, 1.82) is 0 Å². The molecule has 0 fully saturated rings. The Labute approximate surface area is 159 Å². The van der Waals surface area contributed by atoms with E-state index in [1.54, 1.807) is 31.3 Å². The maximum absolute atomic E-state index is 12.5. The molecule has 0 amide bonds. The van der Waals surface area contributed by atoms with Gasteiger partial charge in [-0.3, -0.25) is 0 Å². The number of phenols is 1. The lowest BCUT2D eigenvalue weighted by Gasteiger charge is -2.22. The van der Waals surface area contributed by atoms with Crippen molar-refractivity contribution in [1.82, 2.24) is 4.90 Å². The number of aromatic hydroxyl groups is 1. The SMILES string of the molecule is CCOC(=O)c1c(/N=C/c2cc(Br)ccc2O)sc2c1CCN(C)C2. The van der Waals surface area contributed by atoms with Gasteiger partial charge in [0.15, 0.2) is 0 Å². The highest BCUT2D eigenvalue weighted by molar-refractivity contribution is 9.10. The maximum atomic E-state index is 12.5. The minimum absolute atomic E-state index is 0.144. The average molecular weight is 423 g/mol. The Hall–Kier alpha value is -1.70. The van der Waals surface area contributed by atoms with Gasteiger partial charge in [0.1, 0.15) is 10.8 Å². The number of ether oxygens (including phenoxy) is 1. The van der Waals surface area contributed by atoms with Crippen molar-refractivity contribution in [2.24, 2.45) is 4.99 Å². The Balaban J connectivity index is 2.01. The number of phenolic OH excluding ortho intramolecular Hbond substituents is 1. The van der Waals surface area contributed by atoms with Gasteiger partial charge >= 0.3 is 5.97 Å². The number of thiophene rings is 1. The fourth-order valence-corrected chi connectivity index (χ4v) is 4.42. The number of aliphatic imine (C=N–C) groups is 1. The molecular weight excluding hydrogens is 404 g/mol. The van der Waals surface area contributed by atoms with Crippen LogP contribution in [0.3, 0.4) is 0 Å². The van der Waals surface area contributed by atoms with Gasteiger partial charge < -0.3 is 14.7 Å². The minimum atomic E-state index is -0.324. The molecule has 0 spiro atoms. The minimum Gasteiger partial charge on any atom is -0.507 e. The number of halogens is 1. The summed E-state index contributed by atoms with van der Waals surface area (Å²) in [5.41, 5.74) is 2.21. The molecule has 0 unspecified atom stereocenters. The first kappa shape index (κ1) is 18.1. The Bertz CT molecular complexity index is 832. The van der Waals surface area contributed by atoms with E-state index in [9.17, 15) is 9.90 Å². The summed E-state index contributed by atoms with van der Waals surface area (Å²) in [5.74, 6) is -0.180. The number of nitrogens with zero attached hydrogens (tertiary/aromatic N) is 2. The topological polar surface area (TPSA) is 62.1 Å². The van der Waals surface area contributed by atoms with Gasteiger partial charge in [-0.2, -0.15) is 0 Å². The van der Waals surface area contributed by atoms with Crippen LogP contribution in [-0.2, 0) is 17.7 Å². The fourth-order valence-electron chi connectivity index (χ4n) is 2.78. The molecule has 132 valence electrons. The molecular formula is C18H19BrN2O3S. The molecule has 25 heavy (non-hydrogen) atoms. The lowest BCUT2D eigenvalue weighted by molar-refractivity contribution is 0.0526. The number of fused-ring (bicyclic) bond motifs is 1. The van der Waals surface area contributed by atoms with Gasteiger partial charge in [-0.05, 0) is 44.2 Å². The third kappa shape index (κ3) is 3.94. The second-order valence-electron chi connectivity index (χ2n) is 5.85. The van der Waals surface area contributed by atoms with Gasteiger partial charge in [0.2, 0.25) is 0 Å². The van der Waals surface area contributed by atoms with Crippen LogP contribution in [0.15, 0.2) is 27.7 Å². The van der Waals surface area contributed by atoms with Gasteiger partial charge in [-0.1, -0.05) is 15.9 Å². The smallest absolute Gasteiger partial charge is 0.341 e. The number of hydrogen-bond acceptors (Lipinski definition) is 6. The summed E-state index contributed by atoms with van der Waals surface area (Å²) in [6.45, 7) is 3.85. The second kappa shape index (κ2) is 7.68. The molecule has 2 aromatic rings. The lowest BCUT2D eigenvalue weighted by Crippen LogP contribution is -2.26. The van der Waals surface area contributed by atoms with E-state index in [0.29, 0.717) is 22.7 Å². The van der Waals surface area contributed by atoms with Crippen LogP contribution in [0.4, 0.5) is 5.00 Å². The van der Waals surface area contributed by atoms with Crippen molar-refractivity contribution in [3.8, 4) is 5.75 Å². The normalized spacial score (nSPS) is 14.7. The van der Waals surface area contributed by atoms with Crippen LogP contribution in [0.1, 0.15) is 33.3 Å². The van der Waals surface area contributed by atoms with Gasteiger partial charge in [0, 0.05) is 34.2 Å². The lowest BCUT2D eigenvalue weighted by atomic mass is 10.0. The predicted molar refractivity (Wildman–Crippen MR) is 103 cm³/mol. The first-order valence-corrected chi connectivity index (χ1v) is 9.63. The van der Waals surface area contributed by atoms with Crippen LogP contribution in [-0.4, -0.2) is 42.4 Å². The molecule has 0 bridgehead atoms. The molecule has 0 atom stereocenters. The fraction of sp³-hybridized carbons (Fsp3) is 0.333. The van der Waals surface area contributed by atoms with Gasteiger partial charge in [-0.25, -0.2) is 9.79 Å². The molecule has 5 nitrogen and oxygen atoms in total. The highest BCUT2D eigenvalue weighted by Crippen LogP contribution is 2.39. The standard InChI is InChI=1S/C18H19BrN2O3S/c1-3-24-18(23)16-13-6-7-21(2)10-15(13)25-17(16)20-9-11-8-12(19)4-5-14(11)22/h4-5,8-9,22H,3,6-7,10H2,1-2H3/b20-9+. The van der Waals surface area contributed by atoms with Gasteiger partial charge in [0.25, 0.3) is 0 Å². The Morgan fingerprint density at radius 2 is 2.32 bits per heavy atom. The summed E-state index contributed by atoms with van der Waals surface area (Å²) in [7, 11) is 2.06. The van der Waals surface area contributed by atoms with Crippen LogP contribution in [0.5, 0.6) is 5.75 Å². The van der Waals surface area contributed by atoms with E-state index >= 15 is 0 Å². The number of rotatable bonds is 4. The monoisotopic (exact) mass is 422 g/mol. The quantitative estimate of drug-likeness (QED) is 0.594. The van der Waals surface area contributed by atoms with E-state index in [1.807, 2.05) is 0 Å². The molecule has 1 aliphatic rings. The molecule has 2 heterocycles. The molecule has 1 aromatic carbocycles. The Morgan fingerprint density at radius 1 is 1.52 bits per heavy atom. The molecule has 0 saturated heterocycles. The Kier molecular flexibility index (Phi) is 5.56. The number of benzene rings is 1. The third-order valence-corrected chi connectivity index (χ3v) is 5.64. The highest BCUT2D eigenvalue weighted by atomic mass is 79.9. The van der Waals surface area contributed by atoms with Crippen molar-refractivity contribution in [3.63, 3.8) is 0 Å². The summed E-state index contributed by atoms with van der Waals surface area (Å²) in [6, 6.07) is 5.15. The molecule has 0 radical (unpaired) electrons. The zero-order valence-corrected chi connectivity index (χ0v) is 16.5. The summed E-state index contributed by atoms with van der Waals surface area (Å²) >= 11 is 4.90. The van der Waals surface area contributed by atoms with Crippen LogP contribution in [0.25, 0.3) is 0 Å². The first-order valence-electron chi connectivity index (χ1n) is 8.02. The van der Waals surface area contributed by atoms with E-state index in [0.717, 1.165) is 34.4 Å². The third-order valence-electron chi connectivity index (χ3n) is 4.02. The van der Waals surface area contributed by atoms with Crippen molar-refractivity contribution in [3.05, 3.63) is 44.2 Å². The molecule has 1 N–H and O–H groups in total. The molecule has 1 aromatic heterocycles. The van der Waals surface area contributed by atoms with E-state index < -0.39 is 0 Å². The highest BCUT2D eigenvalue weighted by Gasteiger charge is 2.27. The van der Waals surface area contributed by atoms with Crippen LogP contribution < -0.4 is 0 Å². The maximum Gasteiger partial charge on any atom is 0.341 e. The van der Waals surface area contributed by atoms with E-state index in [-0.39, 0.29) is 11.7 Å². The van der Waals surface area contributed by atoms with E-state index in [4.69, 9.17) is 4.74 Å². The summed E-state index contributed by atoms with van der Waals surface area (Å²) in [4.78, 5) is 20.3. The van der Waals surface area contributed by atoms with E-state index in [1.165, 1.54) is 11.3 Å². The number of carbonyl (C=O) groups is 1. The van der Waals surface area contributed by atoms with E-state index in [2.05, 4.69) is 32.9 Å². The van der Waals surface area contributed by atoms with Crippen molar-refractivity contribution in [2.75, 3.05) is 20.2 Å². The van der Waals surface area contributed by atoms with Crippen LogP contribution >= 0.6 is 27.3 Å². The summed E-state index contributed by atoms with van der Waals surface area (Å²) < 4.78 is 6.09. The van der Waals surface area contributed by atoms with Crippen molar-refractivity contribution in [2.45, 2.75) is 19.9 Å². The summed E-state index contributed by atoms with van der Waals surface area (Å²) in [6.07, 6.45) is 2.40. The molecule has 0 aliphatic carbocycles. The van der Waals surface area contributed by atoms with Gasteiger partial charge in [0.05, 0.1) is 12.2 Å². The molecule has 1 aliphatic heterocycles. The van der Waals surface area contributed by atoms with Crippen LogP contribution in [0, 0.1) is 0 Å². The average Bonchev–Trinajstić information content (AvgIpc) is 2.93. The number of likely N-dealkylation sites (N-methyl/N-ethyl adjacent to an activating group) is 1. The second-order valence-corrected chi connectivity index (χ2v) is 7.85. The molecule has 7 heteroatoms.